The highest BCUT2D eigenvalue weighted by Gasteiger charge is 2.22. The van der Waals surface area contributed by atoms with Crippen LogP contribution in [0.2, 0.25) is 0 Å². The summed E-state index contributed by atoms with van der Waals surface area (Å²) in [6.07, 6.45) is 2.55. The van der Waals surface area contributed by atoms with Crippen molar-refractivity contribution in [1.29, 1.82) is 0 Å². The first kappa shape index (κ1) is 14.0. The number of ether oxygens (including phenoxy) is 1. The Kier molecular flexibility index (Phi) is 3.81. The number of rotatable bonds is 3. The van der Waals surface area contributed by atoms with E-state index in [1.54, 1.807) is 6.07 Å². The normalized spacial score (nSPS) is 12.5. The molecule has 1 rings (SSSR count). The van der Waals surface area contributed by atoms with Crippen molar-refractivity contribution in [2.45, 2.75) is 38.0 Å². The molecule has 0 unspecified atom stereocenters. The van der Waals surface area contributed by atoms with Gasteiger partial charge in [-0.05, 0) is 6.92 Å². The lowest BCUT2D eigenvalue weighted by Crippen LogP contribution is -2.16. The van der Waals surface area contributed by atoms with Crippen LogP contribution in [0.15, 0.2) is 17.2 Å². The van der Waals surface area contributed by atoms with Crippen molar-refractivity contribution in [2.24, 2.45) is 0 Å². The smallest absolute Gasteiger partial charge is 0.177 e. The molecule has 0 aromatic carbocycles. The van der Waals surface area contributed by atoms with Gasteiger partial charge in [0, 0.05) is 23.9 Å². The fourth-order valence-corrected chi connectivity index (χ4v) is 2.02. The minimum Gasteiger partial charge on any atom is -0.492 e. The van der Waals surface area contributed by atoms with E-state index in [0.717, 1.165) is 11.9 Å². The number of hydrogen-bond donors (Lipinski definition) is 0. The van der Waals surface area contributed by atoms with Gasteiger partial charge in [0.15, 0.2) is 9.84 Å². The Hall–Kier alpha value is -1.10. The Labute approximate surface area is 103 Å². The van der Waals surface area contributed by atoms with E-state index in [0.29, 0.717) is 12.4 Å². The van der Waals surface area contributed by atoms with Gasteiger partial charge >= 0.3 is 0 Å². The third kappa shape index (κ3) is 3.43. The van der Waals surface area contributed by atoms with E-state index in [2.05, 4.69) is 4.98 Å². The zero-order valence-electron chi connectivity index (χ0n) is 10.9. The summed E-state index contributed by atoms with van der Waals surface area (Å²) in [7, 11) is -3.25. The quantitative estimate of drug-likeness (QED) is 0.833. The lowest BCUT2D eigenvalue weighted by molar-refractivity contribution is 0.325. The van der Waals surface area contributed by atoms with Gasteiger partial charge in [-0.25, -0.2) is 8.42 Å². The maximum absolute atomic E-state index is 11.5. The second kappa shape index (κ2) is 4.64. The third-order valence-electron chi connectivity index (χ3n) is 2.27. The van der Waals surface area contributed by atoms with E-state index in [9.17, 15) is 8.42 Å². The van der Waals surface area contributed by atoms with Crippen LogP contribution in [0.3, 0.4) is 0 Å². The zero-order chi connectivity index (χ0) is 13.3. The maximum Gasteiger partial charge on any atom is 0.177 e. The average Bonchev–Trinajstić information content (AvgIpc) is 2.15. The standard InChI is InChI=1S/C12H19NO3S/c1-6-16-10-7-9(17(5,14)15)8-13-11(10)12(2,3)4/h7-8H,6H2,1-5H3. The first-order valence-corrected chi connectivity index (χ1v) is 7.38. The van der Waals surface area contributed by atoms with Gasteiger partial charge in [0.25, 0.3) is 0 Å². The molecule has 0 aliphatic carbocycles. The molecule has 4 nitrogen and oxygen atoms in total. The second-order valence-corrected chi connectivity index (χ2v) is 6.99. The number of pyridine rings is 1. The summed E-state index contributed by atoms with van der Waals surface area (Å²) in [5.74, 6) is 0.544. The molecule has 0 fully saturated rings. The van der Waals surface area contributed by atoms with Crippen molar-refractivity contribution < 1.29 is 13.2 Å². The maximum atomic E-state index is 11.5. The molecule has 0 aliphatic heterocycles. The Bertz CT molecular complexity index is 501. The van der Waals surface area contributed by atoms with Crippen LogP contribution in [-0.2, 0) is 15.3 Å². The van der Waals surface area contributed by atoms with Gasteiger partial charge in [-0.15, -0.1) is 0 Å². The van der Waals surface area contributed by atoms with Crippen LogP contribution >= 0.6 is 0 Å². The highest BCUT2D eigenvalue weighted by atomic mass is 32.2. The highest BCUT2D eigenvalue weighted by molar-refractivity contribution is 7.90. The molecule has 0 bridgehead atoms. The predicted octanol–water partition coefficient (Wildman–Crippen LogP) is 2.18. The molecule has 96 valence electrons. The van der Waals surface area contributed by atoms with E-state index in [-0.39, 0.29) is 10.3 Å². The van der Waals surface area contributed by atoms with Crippen molar-refractivity contribution in [3.8, 4) is 5.75 Å². The Balaban J connectivity index is 3.37. The lowest BCUT2D eigenvalue weighted by Gasteiger charge is -2.21. The fraction of sp³-hybridized carbons (Fsp3) is 0.583. The summed E-state index contributed by atoms with van der Waals surface area (Å²) in [4.78, 5) is 4.42. The first-order chi connectivity index (χ1) is 7.66. The summed E-state index contributed by atoms with van der Waals surface area (Å²) < 4.78 is 28.4. The minimum absolute atomic E-state index is 0.180. The third-order valence-corrected chi connectivity index (χ3v) is 3.35. The van der Waals surface area contributed by atoms with Crippen molar-refractivity contribution >= 4 is 9.84 Å². The molecular formula is C12H19NO3S. The molecule has 0 aliphatic rings. The highest BCUT2D eigenvalue weighted by Crippen LogP contribution is 2.30. The zero-order valence-corrected chi connectivity index (χ0v) is 11.8. The van der Waals surface area contributed by atoms with Gasteiger partial charge in [-0.3, -0.25) is 4.98 Å². The fourth-order valence-electron chi connectivity index (χ4n) is 1.46. The molecule has 0 saturated carbocycles. The van der Waals surface area contributed by atoms with E-state index in [4.69, 9.17) is 4.74 Å². The van der Waals surface area contributed by atoms with Crippen LogP contribution < -0.4 is 4.74 Å². The summed E-state index contributed by atoms with van der Waals surface area (Å²) in [5, 5.41) is 0. The van der Waals surface area contributed by atoms with E-state index >= 15 is 0 Å². The average molecular weight is 257 g/mol. The molecule has 0 atom stereocenters. The van der Waals surface area contributed by atoms with Crippen molar-refractivity contribution in [3.63, 3.8) is 0 Å². The minimum atomic E-state index is -3.25. The van der Waals surface area contributed by atoms with Crippen LogP contribution in [0, 0.1) is 0 Å². The molecular weight excluding hydrogens is 238 g/mol. The van der Waals surface area contributed by atoms with Gasteiger partial charge in [0.05, 0.1) is 17.2 Å². The van der Waals surface area contributed by atoms with E-state index < -0.39 is 9.84 Å². The van der Waals surface area contributed by atoms with Crippen LogP contribution in [-0.4, -0.2) is 26.3 Å². The lowest BCUT2D eigenvalue weighted by atomic mass is 9.91. The van der Waals surface area contributed by atoms with Crippen LogP contribution in [0.25, 0.3) is 0 Å². The van der Waals surface area contributed by atoms with Crippen molar-refractivity contribution in [3.05, 3.63) is 18.0 Å². The Morgan fingerprint density at radius 2 is 1.94 bits per heavy atom. The first-order valence-electron chi connectivity index (χ1n) is 5.49. The molecule has 1 heterocycles. The molecule has 5 heteroatoms. The van der Waals surface area contributed by atoms with E-state index in [1.807, 2.05) is 27.7 Å². The predicted molar refractivity (Wildman–Crippen MR) is 67.2 cm³/mol. The molecule has 1 aromatic rings. The SMILES string of the molecule is CCOc1cc(S(C)(=O)=O)cnc1C(C)(C)C. The van der Waals surface area contributed by atoms with Gasteiger partial charge in [-0.2, -0.15) is 0 Å². The van der Waals surface area contributed by atoms with Crippen LogP contribution in [0.1, 0.15) is 33.4 Å². The van der Waals surface area contributed by atoms with Gasteiger partial charge in [0.1, 0.15) is 5.75 Å². The van der Waals surface area contributed by atoms with Gasteiger partial charge in [0.2, 0.25) is 0 Å². The van der Waals surface area contributed by atoms with E-state index in [1.165, 1.54) is 6.20 Å². The number of aromatic nitrogens is 1. The summed E-state index contributed by atoms with van der Waals surface area (Å²) >= 11 is 0. The largest absolute Gasteiger partial charge is 0.492 e. The topological polar surface area (TPSA) is 56.3 Å². The summed E-state index contributed by atoms with van der Waals surface area (Å²) in [5.41, 5.74) is 0.590. The number of hydrogen-bond acceptors (Lipinski definition) is 4. The van der Waals surface area contributed by atoms with Crippen LogP contribution in [0.5, 0.6) is 5.75 Å². The molecule has 0 saturated heterocycles. The molecule has 0 radical (unpaired) electrons. The molecule has 17 heavy (non-hydrogen) atoms. The molecule has 0 N–H and O–H groups in total. The van der Waals surface area contributed by atoms with Crippen LogP contribution in [0.4, 0.5) is 0 Å². The summed E-state index contributed by atoms with van der Waals surface area (Å²) in [6.45, 7) is 8.38. The molecule has 0 amide bonds. The summed E-state index contributed by atoms with van der Waals surface area (Å²) in [6, 6.07) is 1.55. The number of nitrogens with zero attached hydrogens (tertiary/aromatic N) is 1. The Morgan fingerprint density at radius 1 is 1.35 bits per heavy atom. The molecule has 0 spiro atoms. The Morgan fingerprint density at radius 3 is 2.35 bits per heavy atom. The van der Waals surface area contributed by atoms with Crippen molar-refractivity contribution in [2.75, 3.05) is 12.9 Å². The second-order valence-electron chi connectivity index (χ2n) is 4.97. The van der Waals surface area contributed by atoms with Gasteiger partial charge in [-0.1, -0.05) is 20.8 Å². The monoisotopic (exact) mass is 257 g/mol. The number of sulfone groups is 1. The van der Waals surface area contributed by atoms with Crippen molar-refractivity contribution in [1.82, 2.24) is 4.98 Å². The molecule has 1 aromatic heterocycles. The van der Waals surface area contributed by atoms with Gasteiger partial charge < -0.3 is 4.74 Å².